The van der Waals surface area contributed by atoms with E-state index in [-0.39, 0.29) is 0 Å². The van der Waals surface area contributed by atoms with Gasteiger partial charge >= 0.3 is 11.8 Å². The number of benzene rings is 3. The summed E-state index contributed by atoms with van der Waals surface area (Å²) >= 11 is 6.14. The molecule has 0 aliphatic rings. The largest absolute Gasteiger partial charge is 0.355 e. The fourth-order valence-electron chi connectivity index (χ4n) is 2.99. The number of nitrogens with one attached hydrogen (secondary N) is 3. The number of carbonyl (C=O) groups excluding carboxylic acids is 2. The van der Waals surface area contributed by atoms with E-state index in [1.807, 2.05) is 58.0 Å². The van der Waals surface area contributed by atoms with Crippen LogP contribution in [0.25, 0.3) is 0 Å². The summed E-state index contributed by atoms with van der Waals surface area (Å²) in [5.41, 5.74) is 9.52. The molecule has 0 aliphatic heterocycles. The first kappa shape index (κ1) is 23.0. The molecule has 0 spiro atoms. The second kappa shape index (κ2) is 10.1. The van der Waals surface area contributed by atoms with Crippen molar-refractivity contribution in [1.82, 2.24) is 5.43 Å². The molecule has 3 rings (SSSR count). The number of rotatable bonds is 5. The van der Waals surface area contributed by atoms with Gasteiger partial charge in [-0.05, 0) is 86.3 Å². The standard InChI is InChI=1S/C25H25ClN4O2/c1-15-5-6-17(3)23(11-15)29-22-10-8-20(26)13-19(22)14-27-30-25(32)24(31)28-21-9-7-16(2)18(4)12-21/h5-14,29H,1-4H3,(H,28,31)(H,30,32)/b27-14-. The first-order chi connectivity index (χ1) is 15.2. The predicted molar refractivity (Wildman–Crippen MR) is 131 cm³/mol. The molecule has 0 fully saturated rings. The molecule has 3 aromatic carbocycles. The van der Waals surface area contributed by atoms with Gasteiger partial charge in [0.15, 0.2) is 0 Å². The van der Waals surface area contributed by atoms with Gasteiger partial charge in [-0.25, -0.2) is 5.43 Å². The number of hydrogen-bond acceptors (Lipinski definition) is 4. The van der Waals surface area contributed by atoms with Gasteiger partial charge in [0.05, 0.1) is 6.21 Å². The number of hydrazone groups is 1. The Kier molecular flexibility index (Phi) is 7.28. The zero-order chi connectivity index (χ0) is 23.3. The Morgan fingerprint density at radius 3 is 2.31 bits per heavy atom. The molecule has 3 aromatic rings. The van der Waals surface area contributed by atoms with Gasteiger partial charge < -0.3 is 10.6 Å². The lowest BCUT2D eigenvalue weighted by molar-refractivity contribution is -0.136. The van der Waals surface area contributed by atoms with Crippen LogP contribution in [0.5, 0.6) is 0 Å². The van der Waals surface area contributed by atoms with E-state index in [9.17, 15) is 9.59 Å². The fraction of sp³-hybridized carbons (Fsp3) is 0.160. The SMILES string of the molecule is Cc1ccc(C)c(Nc2ccc(Cl)cc2/C=N\NC(=O)C(=O)Nc2ccc(C)c(C)c2)c1. The quantitative estimate of drug-likeness (QED) is 0.277. The van der Waals surface area contributed by atoms with E-state index in [2.05, 4.69) is 21.2 Å². The van der Waals surface area contributed by atoms with Crippen molar-refractivity contribution in [2.75, 3.05) is 10.6 Å². The normalized spacial score (nSPS) is 10.8. The summed E-state index contributed by atoms with van der Waals surface area (Å²) in [6.07, 6.45) is 1.44. The van der Waals surface area contributed by atoms with Crippen LogP contribution in [0.15, 0.2) is 59.7 Å². The zero-order valence-corrected chi connectivity index (χ0v) is 19.2. The van der Waals surface area contributed by atoms with Gasteiger partial charge in [0.2, 0.25) is 0 Å². The monoisotopic (exact) mass is 448 g/mol. The second-order valence-corrected chi connectivity index (χ2v) is 8.06. The number of halogens is 1. The van der Waals surface area contributed by atoms with E-state index in [1.54, 1.807) is 24.3 Å². The minimum atomic E-state index is -0.870. The summed E-state index contributed by atoms with van der Waals surface area (Å²) in [6.45, 7) is 7.94. The highest BCUT2D eigenvalue weighted by atomic mass is 35.5. The number of anilines is 3. The van der Waals surface area contributed by atoms with E-state index < -0.39 is 11.8 Å². The molecule has 0 bridgehead atoms. The Morgan fingerprint density at radius 2 is 1.56 bits per heavy atom. The molecule has 0 saturated heterocycles. The van der Waals surface area contributed by atoms with Crippen molar-refractivity contribution < 1.29 is 9.59 Å². The molecule has 7 heteroatoms. The van der Waals surface area contributed by atoms with Gasteiger partial charge in [-0.3, -0.25) is 9.59 Å². The predicted octanol–water partition coefficient (Wildman–Crippen LogP) is 5.41. The maximum absolute atomic E-state index is 12.2. The van der Waals surface area contributed by atoms with Crippen LogP contribution in [0.4, 0.5) is 17.1 Å². The zero-order valence-electron chi connectivity index (χ0n) is 18.4. The number of hydrogen-bond donors (Lipinski definition) is 3. The van der Waals surface area contributed by atoms with Crippen molar-refractivity contribution in [3.8, 4) is 0 Å². The smallest absolute Gasteiger partial charge is 0.329 e. The maximum Gasteiger partial charge on any atom is 0.329 e. The van der Waals surface area contributed by atoms with Crippen molar-refractivity contribution in [3.63, 3.8) is 0 Å². The number of carbonyl (C=O) groups is 2. The van der Waals surface area contributed by atoms with E-state index in [1.165, 1.54) is 6.21 Å². The van der Waals surface area contributed by atoms with Crippen LogP contribution in [0.1, 0.15) is 27.8 Å². The molecular formula is C25H25ClN4O2. The van der Waals surface area contributed by atoms with E-state index in [0.29, 0.717) is 16.3 Å². The molecule has 164 valence electrons. The van der Waals surface area contributed by atoms with E-state index >= 15 is 0 Å². The van der Waals surface area contributed by atoms with Gasteiger partial charge in [-0.1, -0.05) is 29.8 Å². The highest BCUT2D eigenvalue weighted by molar-refractivity contribution is 6.39. The summed E-state index contributed by atoms with van der Waals surface area (Å²) in [4.78, 5) is 24.3. The Balaban J connectivity index is 1.69. The third-order valence-electron chi connectivity index (χ3n) is 5.02. The molecule has 0 unspecified atom stereocenters. The van der Waals surface area contributed by atoms with Gasteiger partial charge in [-0.2, -0.15) is 5.10 Å². The Morgan fingerprint density at radius 1 is 0.812 bits per heavy atom. The fourth-order valence-corrected chi connectivity index (χ4v) is 3.17. The second-order valence-electron chi connectivity index (χ2n) is 7.63. The minimum absolute atomic E-state index is 0.525. The van der Waals surface area contributed by atoms with Gasteiger partial charge in [0, 0.05) is 27.6 Å². The lowest BCUT2D eigenvalue weighted by Crippen LogP contribution is -2.32. The summed E-state index contributed by atoms with van der Waals surface area (Å²) < 4.78 is 0. The number of amides is 2. The highest BCUT2D eigenvalue weighted by Crippen LogP contribution is 2.26. The van der Waals surface area contributed by atoms with Crippen molar-refractivity contribution in [2.45, 2.75) is 27.7 Å². The maximum atomic E-state index is 12.2. The molecule has 0 radical (unpaired) electrons. The van der Waals surface area contributed by atoms with Gasteiger partial charge in [-0.15, -0.1) is 0 Å². The van der Waals surface area contributed by atoms with Crippen molar-refractivity contribution in [1.29, 1.82) is 0 Å². The Bertz CT molecular complexity index is 1200. The van der Waals surface area contributed by atoms with Crippen LogP contribution in [0.3, 0.4) is 0 Å². The molecule has 0 heterocycles. The molecule has 0 atom stereocenters. The van der Waals surface area contributed by atoms with Crippen molar-refractivity contribution in [2.24, 2.45) is 5.10 Å². The van der Waals surface area contributed by atoms with Crippen LogP contribution < -0.4 is 16.1 Å². The molecule has 32 heavy (non-hydrogen) atoms. The van der Waals surface area contributed by atoms with Crippen molar-refractivity contribution >= 4 is 46.7 Å². The van der Waals surface area contributed by atoms with Crippen LogP contribution in [-0.2, 0) is 9.59 Å². The highest BCUT2D eigenvalue weighted by Gasteiger charge is 2.13. The van der Waals surface area contributed by atoms with Crippen LogP contribution in [0.2, 0.25) is 5.02 Å². The lowest BCUT2D eigenvalue weighted by atomic mass is 10.1. The minimum Gasteiger partial charge on any atom is -0.355 e. The molecule has 6 nitrogen and oxygen atoms in total. The molecule has 0 saturated carbocycles. The molecular weight excluding hydrogens is 424 g/mol. The Hall–Kier alpha value is -3.64. The topological polar surface area (TPSA) is 82.6 Å². The lowest BCUT2D eigenvalue weighted by Gasteiger charge is -2.13. The summed E-state index contributed by atoms with van der Waals surface area (Å²) in [5.74, 6) is -1.67. The first-order valence-corrected chi connectivity index (χ1v) is 10.5. The van der Waals surface area contributed by atoms with Crippen molar-refractivity contribution in [3.05, 3.63) is 87.4 Å². The number of aryl methyl sites for hydroxylation is 4. The summed E-state index contributed by atoms with van der Waals surface area (Å²) in [7, 11) is 0. The van der Waals surface area contributed by atoms with Crippen LogP contribution in [0, 0.1) is 27.7 Å². The van der Waals surface area contributed by atoms with Crippen LogP contribution in [-0.4, -0.2) is 18.0 Å². The molecule has 0 aromatic heterocycles. The molecule has 2 amide bonds. The third-order valence-corrected chi connectivity index (χ3v) is 5.25. The third kappa shape index (κ3) is 5.95. The Labute approximate surface area is 192 Å². The molecule has 0 aliphatic carbocycles. The average Bonchev–Trinajstić information content (AvgIpc) is 2.75. The average molecular weight is 449 g/mol. The van der Waals surface area contributed by atoms with E-state index in [4.69, 9.17) is 11.6 Å². The van der Waals surface area contributed by atoms with Gasteiger partial charge in [0.1, 0.15) is 0 Å². The van der Waals surface area contributed by atoms with Gasteiger partial charge in [0.25, 0.3) is 0 Å². The number of nitrogens with zero attached hydrogens (tertiary/aromatic N) is 1. The summed E-state index contributed by atoms with van der Waals surface area (Å²) in [6, 6.07) is 16.9. The van der Waals surface area contributed by atoms with Crippen LogP contribution >= 0.6 is 11.6 Å². The first-order valence-electron chi connectivity index (χ1n) is 10.1. The van der Waals surface area contributed by atoms with E-state index in [0.717, 1.165) is 33.6 Å². The molecule has 3 N–H and O–H groups in total. The summed E-state index contributed by atoms with van der Waals surface area (Å²) in [5, 5.41) is 10.4.